The molecule has 0 aromatic carbocycles. The average molecular weight is 203 g/mol. The van der Waals surface area contributed by atoms with Gasteiger partial charge in [-0.25, -0.2) is 9.97 Å². The molecule has 2 rings (SSSR count). The molecule has 3 nitrogen and oxygen atoms in total. The Labute approximate surface area is 78.6 Å². The standard InChI is InChI=1S/C8H8F3N3/c9-8(10,11)7-12-3-2-6(13-7)14-4-1-5-14/h2-3H,1,4-5H2. The fourth-order valence-corrected chi connectivity index (χ4v) is 1.21. The van der Waals surface area contributed by atoms with Crippen LogP contribution in [-0.4, -0.2) is 23.1 Å². The minimum Gasteiger partial charge on any atom is -0.356 e. The Morgan fingerprint density at radius 2 is 2.00 bits per heavy atom. The van der Waals surface area contributed by atoms with Gasteiger partial charge in [0.1, 0.15) is 5.82 Å². The van der Waals surface area contributed by atoms with Crippen molar-refractivity contribution < 1.29 is 13.2 Å². The number of hydrogen-bond donors (Lipinski definition) is 0. The molecule has 0 radical (unpaired) electrons. The van der Waals surface area contributed by atoms with Crippen molar-refractivity contribution in [2.45, 2.75) is 12.6 Å². The first-order valence-corrected chi connectivity index (χ1v) is 4.22. The van der Waals surface area contributed by atoms with Gasteiger partial charge in [0.15, 0.2) is 0 Å². The molecule has 0 aliphatic carbocycles. The van der Waals surface area contributed by atoms with Crippen molar-refractivity contribution in [3.63, 3.8) is 0 Å². The number of rotatable bonds is 1. The zero-order valence-corrected chi connectivity index (χ0v) is 7.25. The molecule has 0 bridgehead atoms. The van der Waals surface area contributed by atoms with Gasteiger partial charge in [-0.15, -0.1) is 0 Å². The first-order chi connectivity index (χ1) is 6.57. The second-order valence-electron chi connectivity index (χ2n) is 3.08. The number of nitrogens with zero attached hydrogens (tertiary/aromatic N) is 3. The number of hydrogen-bond acceptors (Lipinski definition) is 3. The van der Waals surface area contributed by atoms with Crippen LogP contribution in [0, 0.1) is 0 Å². The van der Waals surface area contributed by atoms with Crippen molar-refractivity contribution in [1.82, 2.24) is 9.97 Å². The first kappa shape index (κ1) is 9.23. The lowest BCUT2D eigenvalue weighted by molar-refractivity contribution is -0.144. The van der Waals surface area contributed by atoms with Crippen molar-refractivity contribution in [3.05, 3.63) is 18.1 Å². The van der Waals surface area contributed by atoms with E-state index < -0.39 is 12.0 Å². The van der Waals surface area contributed by atoms with Crippen LogP contribution < -0.4 is 4.90 Å². The van der Waals surface area contributed by atoms with Crippen molar-refractivity contribution in [2.75, 3.05) is 18.0 Å². The predicted molar refractivity (Wildman–Crippen MR) is 43.9 cm³/mol. The normalized spacial score (nSPS) is 16.6. The first-order valence-electron chi connectivity index (χ1n) is 4.22. The number of halogens is 3. The highest BCUT2D eigenvalue weighted by Crippen LogP contribution is 2.27. The summed E-state index contributed by atoms with van der Waals surface area (Å²) in [6, 6.07) is 1.49. The van der Waals surface area contributed by atoms with Crippen LogP contribution in [0.25, 0.3) is 0 Å². The van der Waals surface area contributed by atoms with Gasteiger partial charge in [-0.2, -0.15) is 13.2 Å². The predicted octanol–water partition coefficient (Wildman–Crippen LogP) is 1.71. The summed E-state index contributed by atoms with van der Waals surface area (Å²) < 4.78 is 36.6. The molecule has 1 aliphatic rings. The average Bonchev–Trinajstić information content (AvgIpc) is 2.00. The van der Waals surface area contributed by atoms with Gasteiger partial charge in [0.05, 0.1) is 0 Å². The lowest BCUT2D eigenvalue weighted by Crippen LogP contribution is -2.38. The van der Waals surface area contributed by atoms with Gasteiger partial charge in [0, 0.05) is 19.3 Å². The van der Waals surface area contributed by atoms with Crippen molar-refractivity contribution >= 4 is 5.82 Å². The van der Waals surface area contributed by atoms with Crippen LogP contribution in [0.1, 0.15) is 12.2 Å². The minimum absolute atomic E-state index is 0.360. The minimum atomic E-state index is -4.46. The summed E-state index contributed by atoms with van der Waals surface area (Å²) in [7, 11) is 0. The van der Waals surface area contributed by atoms with Crippen LogP contribution in [-0.2, 0) is 6.18 Å². The molecule has 1 saturated heterocycles. The van der Waals surface area contributed by atoms with E-state index in [9.17, 15) is 13.2 Å². The summed E-state index contributed by atoms with van der Waals surface area (Å²) in [5, 5.41) is 0. The van der Waals surface area contributed by atoms with Crippen LogP contribution in [0.5, 0.6) is 0 Å². The van der Waals surface area contributed by atoms with E-state index in [4.69, 9.17) is 0 Å². The molecule has 6 heteroatoms. The quantitative estimate of drug-likeness (QED) is 0.695. The largest absolute Gasteiger partial charge is 0.451 e. The van der Waals surface area contributed by atoms with Crippen molar-refractivity contribution in [2.24, 2.45) is 0 Å². The maximum Gasteiger partial charge on any atom is 0.451 e. The van der Waals surface area contributed by atoms with E-state index in [1.54, 1.807) is 4.90 Å². The molecule has 0 unspecified atom stereocenters. The number of aromatic nitrogens is 2. The Balaban J connectivity index is 2.26. The van der Waals surface area contributed by atoms with E-state index in [-0.39, 0.29) is 0 Å². The molecule has 0 spiro atoms. The molecule has 1 fully saturated rings. The van der Waals surface area contributed by atoms with Gasteiger partial charge >= 0.3 is 6.18 Å². The lowest BCUT2D eigenvalue weighted by Gasteiger charge is -2.31. The third-order valence-corrected chi connectivity index (χ3v) is 2.07. The molecule has 0 N–H and O–H groups in total. The van der Waals surface area contributed by atoms with Gasteiger partial charge in [0.25, 0.3) is 0 Å². The second kappa shape index (κ2) is 3.11. The Hall–Kier alpha value is -1.33. The molecular weight excluding hydrogens is 195 g/mol. The van der Waals surface area contributed by atoms with E-state index in [1.807, 2.05) is 0 Å². The zero-order chi connectivity index (χ0) is 10.2. The fraction of sp³-hybridized carbons (Fsp3) is 0.500. The smallest absolute Gasteiger partial charge is 0.356 e. The molecule has 1 aliphatic heterocycles. The third-order valence-electron chi connectivity index (χ3n) is 2.07. The summed E-state index contributed by atoms with van der Waals surface area (Å²) in [5.41, 5.74) is 0. The van der Waals surface area contributed by atoms with Crippen LogP contribution >= 0.6 is 0 Å². The summed E-state index contributed by atoms with van der Waals surface area (Å²) >= 11 is 0. The van der Waals surface area contributed by atoms with Crippen LogP contribution in [0.2, 0.25) is 0 Å². The fourth-order valence-electron chi connectivity index (χ4n) is 1.21. The molecular formula is C8H8F3N3. The molecule has 2 heterocycles. The maximum atomic E-state index is 12.2. The van der Waals surface area contributed by atoms with E-state index in [2.05, 4.69) is 9.97 Å². The SMILES string of the molecule is FC(F)(F)c1nccc(N2CCC2)n1. The van der Waals surface area contributed by atoms with E-state index in [0.29, 0.717) is 5.82 Å². The topological polar surface area (TPSA) is 29.0 Å². The Morgan fingerprint density at radius 3 is 2.50 bits per heavy atom. The summed E-state index contributed by atoms with van der Waals surface area (Å²) in [6.07, 6.45) is -2.31. The molecule has 14 heavy (non-hydrogen) atoms. The monoisotopic (exact) mass is 203 g/mol. The maximum absolute atomic E-state index is 12.2. The molecule has 0 atom stereocenters. The highest BCUT2D eigenvalue weighted by Gasteiger charge is 2.35. The summed E-state index contributed by atoms with van der Waals surface area (Å²) in [4.78, 5) is 8.43. The van der Waals surface area contributed by atoms with Gasteiger partial charge in [-0.05, 0) is 12.5 Å². The van der Waals surface area contributed by atoms with E-state index >= 15 is 0 Å². The highest BCUT2D eigenvalue weighted by molar-refractivity contribution is 5.39. The van der Waals surface area contributed by atoms with Gasteiger partial charge in [0.2, 0.25) is 5.82 Å². The third kappa shape index (κ3) is 1.64. The number of alkyl halides is 3. The molecule has 1 aromatic rings. The highest BCUT2D eigenvalue weighted by atomic mass is 19.4. The summed E-state index contributed by atoms with van der Waals surface area (Å²) in [5.74, 6) is -0.708. The van der Waals surface area contributed by atoms with E-state index in [1.165, 1.54) is 6.07 Å². The molecule has 0 saturated carbocycles. The Morgan fingerprint density at radius 1 is 1.29 bits per heavy atom. The van der Waals surface area contributed by atoms with Crippen LogP contribution in [0.15, 0.2) is 12.3 Å². The summed E-state index contributed by atoms with van der Waals surface area (Å²) in [6.45, 7) is 1.54. The van der Waals surface area contributed by atoms with Crippen molar-refractivity contribution in [1.29, 1.82) is 0 Å². The Bertz CT molecular complexity index is 333. The molecule has 0 amide bonds. The van der Waals surface area contributed by atoms with Crippen LogP contribution in [0.3, 0.4) is 0 Å². The second-order valence-corrected chi connectivity index (χ2v) is 3.08. The Kier molecular flexibility index (Phi) is 2.05. The molecule has 76 valence electrons. The number of anilines is 1. The van der Waals surface area contributed by atoms with Gasteiger partial charge in [-0.1, -0.05) is 0 Å². The van der Waals surface area contributed by atoms with E-state index in [0.717, 1.165) is 25.7 Å². The van der Waals surface area contributed by atoms with Gasteiger partial charge in [-0.3, -0.25) is 0 Å². The molecule has 1 aromatic heterocycles. The van der Waals surface area contributed by atoms with Crippen LogP contribution in [0.4, 0.5) is 19.0 Å². The lowest BCUT2D eigenvalue weighted by atomic mass is 10.2. The van der Waals surface area contributed by atoms with Gasteiger partial charge < -0.3 is 4.90 Å². The van der Waals surface area contributed by atoms with Crippen molar-refractivity contribution in [3.8, 4) is 0 Å². The zero-order valence-electron chi connectivity index (χ0n) is 7.25.